The highest BCUT2D eigenvalue weighted by Gasteiger charge is 2.92. The quantitative estimate of drug-likeness (QED) is 0.481. The van der Waals surface area contributed by atoms with Crippen molar-refractivity contribution in [2.24, 2.45) is 0 Å². The molecule has 2 aliphatic heterocycles. The van der Waals surface area contributed by atoms with Crippen molar-refractivity contribution in [1.29, 1.82) is 0 Å². The summed E-state index contributed by atoms with van der Waals surface area (Å²) in [5, 5.41) is 0.491. The first kappa shape index (κ1) is 10.1. The third kappa shape index (κ3) is 0.856. The normalized spacial score (nSPS) is 67.9. The average molecular weight is 314 g/mol. The highest BCUT2D eigenvalue weighted by molar-refractivity contribution is 8.19. The van der Waals surface area contributed by atoms with Crippen molar-refractivity contribution < 1.29 is 0 Å². The lowest BCUT2D eigenvalue weighted by Crippen LogP contribution is -2.36. The molecular formula is C6HCl5S2. The van der Waals surface area contributed by atoms with Crippen LogP contribution in [0.15, 0.2) is 11.1 Å². The summed E-state index contributed by atoms with van der Waals surface area (Å²) < 4.78 is -2.91. The fourth-order valence-corrected chi connectivity index (χ4v) is 7.68. The molecule has 0 spiro atoms. The Morgan fingerprint density at radius 3 is 2.23 bits per heavy atom. The molecule has 0 bridgehead atoms. The average Bonchev–Trinajstić information content (AvgIpc) is 2.73. The van der Waals surface area contributed by atoms with Crippen LogP contribution < -0.4 is 0 Å². The second-order valence-electron chi connectivity index (χ2n) is 3.13. The minimum Gasteiger partial charge on any atom is -0.103 e. The van der Waals surface area contributed by atoms with Crippen LogP contribution in [-0.2, 0) is 0 Å². The lowest BCUT2D eigenvalue weighted by atomic mass is 10.1. The Hall–Kier alpha value is 1.89. The van der Waals surface area contributed by atoms with Gasteiger partial charge in [-0.25, -0.2) is 0 Å². The van der Waals surface area contributed by atoms with E-state index in [4.69, 9.17) is 58.0 Å². The Labute approximate surface area is 109 Å². The summed E-state index contributed by atoms with van der Waals surface area (Å²) in [6, 6.07) is 0. The minimum atomic E-state index is -0.764. The van der Waals surface area contributed by atoms with Crippen LogP contribution in [0.5, 0.6) is 0 Å². The molecule has 2 saturated heterocycles. The van der Waals surface area contributed by atoms with E-state index in [-0.39, 0.29) is 0 Å². The van der Waals surface area contributed by atoms with E-state index in [1.165, 1.54) is 23.5 Å². The van der Waals surface area contributed by atoms with Gasteiger partial charge < -0.3 is 0 Å². The summed E-state index contributed by atoms with van der Waals surface area (Å²) in [6.45, 7) is 0. The van der Waals surface area contributed by atoms with Gasteiger partial charge in [-0.15, -0.1) is 46.7 Å². The van der Waals surface area contributed by atoms with Crippen LogP contribution in [0.1, 0.15) is 0 Å². The molecule has 7 heteroatoms. The van der Waals surface area contributed by atoms with Gasteiger partial charge >= 0.3 is 0 Å². The zero-order valence-corrected chi connectivity index (χ0v) is 11.2. The second-order valence-corrected chi connectivity index (χ2v) is 9.62. The molecule has 72 valence electrons. The Bertz CT molecular complexity index is 359. The van der Waals surface area contributed by atoms with Crippen LogP contribution in [0, 0.1) is 0 Å². The van der Waals surface area contributed by atoms with Crippen LogP contribution >= 0.6 is 81.5 Å². The molecule has 0 saturated carbocycles. The fourth-order valence-electron chi connectivity index (χ4n) is 1.49. The summed E-state index contributed by atoms with van der Waals surface area (Å²) in [5.74, 6) is 0. The largest absolute Gasteiger partial charge is 0.158 e. The Morgan fingerprint density at radius 2 is 1.62 bits per heavy atom. The number of hydrogen-bond acceptors (Lipinski definition) is 2. The maximum atomic E-state index is 6.27. The third-order valence-corrected chi connectivity index (χ3v) is 9.94. The van der Waals surface area contributed by atoms with E-state index in [2.05, 4.69) is 0 Å². The zero-order chi connectivity index (χ0) is 9.70. The fraction of sp³-hybridized carbons (Fsp3) is 0.667. The Balaban J connectivity index is 2.20. The van der Waals surface area contributed by atoms with Gasteiger partial charge in [-0.1, -0.05) is 34.8 Å². The van der Waals surface area contributed by atoms with E-state index >= 15 is 0 Å². The molecule has 0 nitrogen and oxygen atoms in total. The van der Waals surface area contributed by atoms with Gasteiger partial charge in [-0.2, -0.15) is 0 Å². The molecule has 13 heavy (non-hydrogen) atoms. The van der Waals surface area contributed by atoms with E-state index in [0.717, 1.165) is 0 Å². The summed E-state index contributed by atoms with van der Waals surface area (Å²) in [6.07, 6.45) is 1.70. The zero-order valence-electron chi connectivity index (χ0n) is 5.78. The number of halogens is 5. The predicted octanol–water partition coefficient (Wildman–Crippen LogP) is 4.36. The highest BCUT2D eigenvalue weighted by atomic mass is 35.5. The van der Waals surface area contributed by atoms with Crippen molar-refractivity contribution in [3.63, 3.8) is 0 Å². The molecule has 0 aromatic rings. The lowest BCUT2D eigenvalue weighted by molar-refractivity contribution is 0.747. The molecule has 2 heterocycles. The molecule has 3 aliphatic rings. The van der Waals surface area contributed by atoms with Crippen LogP contribution in [-0.4, -0.2) is 16.8 Å². The number of rotatable bonds is 0. The smallest absolute Gasteiger partial charge is 0.103 e. The molecule has 0 N–H and O–H groups in total. The van der Waals surface area contributed by atoms with Crippen molar-refractivity contribution in [2.45, 2.75) is 16.8 Å². The number of hydrogen-bond donors (Lipinski definition) is 0. The van der Waals surface area contributed by atoms with Crippen molar-refractivity contribution in [3.05, 3.63) is 11.1 Å². The first-order valence-electron chi connectivity index (χ1n) is 3.34. The summed E-state index contributed by atoms with van der Waals surface area (Å²) in [7, 11) is 0. The van der Waals surface area contributed by atoms with Gasteiger partial charge in [0.25, 0.3) is 0 Å². The van der Waals surface area contributed by atoms with E-state index in [9.17, 15) is 0 Å². The van der Waals surface area contributed by atoms with Gasteiger partial charge in [0.2, 0.25) is 0 Å². The van der Waals surface area contributed by atoms with E-state index in [1.54, 1.807) is 6.08 Å². The Morgan fingerprint density at radius 1 is 1.00 bits per heavy atom. The van der Waals surface area contributed by atoms with E-state index in [1.807, 2.05) is 0 Å². The minimum absolute atomic E-state index is 0.491. The lowest BCUT2D eigenvalue weighted by Gasteiger charge is -2.22. The molecule has 2 fully saturated rings. The van der Waals surface area contributed by atoms with Gasteiger partial charge in [0, 0.05) is 0 Å². The van der Waals surface area contributed by atoms with Crippen LogP contribution in [0.25, 0.3) is 0 Å². The number of thioether (sulfide) groups is 2. The number of alkyl halides is 4. The summed E-state index contributed by atoms with van der Waals surface area (Å²) in [5.41, 5.74) is 0. The third-order valence-electron chi connectivity index (χ3n) is 2.37. The Kier molecular flexibility index (Phi) is 1.76. The van der Waals surface area contributed by atoms with Crippen LogP contribution in [0.4, 0.5) is 0 Å². The first-order chi connectivity index (χ1) is 5.79. The summed E-state index contributed by atoms with van der Waals surface area (Å²) >= 11 is 33.6. The summed E-state index contributed by atoms with van der Waals surface area (Å²) in [4.78, 5) is 0. The second kappa shape index (κ2) is 2.27. The first-order valence-corrected chi connectivity index (χ1v) is 6.86. The molecule has 0 aromatic carbocycles. The van der Waals surface area contributed by atoms with Gasteiger partial charge in [0.15, 0.2) is 12.6 Å². The monoisotopic (exact) mass is 312 g/mol. The van der Waals surface area contributed by atoms with Crippen molar-refractivity contribution in [2.75, 3.05) is 0 Å². The van der Waals surface area contributed by atoms with Gasteiger partial charge in [-0.3, -0.25) is 0 Å². The molecular weight excluding hydrogens is 313 g/mol. The molecule has 0 amide bonds. The SMILES string of the molecule is ClC1=CC2(Cl)SC2(Cl)C2(Cl)SC12Cl. The molecule has 1 aliphatic carbocycles. The van der Waals surface area contributed by atoms with E-state index < -0.39 is 16.8 Å². The molecule has 3 rings (SSSR count). The molecule has 0 aromatic heterocycles. The van der Waals surface area contributed by atoms with Gasteiger partial charge in [-0.05, 0) is 6.08 Å². The van der Waals surface area contributed by atoms with Gasteiger partial charge in [0.1, 0.15) is 4.21 Å². The topological polar surface area (TPSA) is 0 Å². The standard InChI is InChI=1S/C6HCl5S2/c7-2-1-3(8)5(10,12-3)6(11)4(2,9)13-6/h1H. The molecule has 4 unspecified atom stereocenters. The van der Waals surface area contributed by atoms with Gasteiger partial charge in [0.05, 0.1) is 5.03 Å². The van der Waals surface area contributed by atoms with E-state index in [0.29, 0.717) is 5.03 Å². The maximum absolute atomic E-state index is 6.27. The predicted molar refractivity (Wildman–Crippen MR) is 63.5 cm³/mol. The molecule has 0 radical (unpaired) electrons. The van der Waals surface area contributed by atoms with Crippen molar-refractivity contribution in [1.82, 2.24) is 0 Å². The number of fused-ring (bicyclic) bond motifs is 3. The van der Waals surface area contributed by atoms with Crippen molar-refractivity contribution >= 4 is 81.5 Å². The molecule has 4 atom stereocenters. The highest BCUT2D eigenvalue weighted by Crippen LogP contribution is 2.93. The maximum Gasteiger partial charge on any atom is 0.158 e. The van der Waals surface area contributed by atoms with Crippen LogP contribution in [0.2, 0.25) is 0 Å². The van der Waals surface area contributed by atoms with Crippen LogP contribution in [0.3, 0.4) is 0 Å². The van der Waals surface area contributed by atoms with Crippen molar-refractivity contribution in [3.8, 4) is 0 Å².